The minimum Gasteiger partial charge on any atom is -0.437 e. The van der Waals surface area contributed by atoms with Crippen molar-refractivity contribution in [2.75, 3.05) is 0 Å². The first-order valence-corrected chi connectivity index (χ1v) is 7.87. The third-order valence-electron chi connectivity index (χ3n) is 3.80. The Morgan fingerprint density at radius 2 is 1.83 bits per heavy atom. The molecule has 0 fully saturated rings. The third kappa shape index (κ3) is 2.60. The highest BCUT2D eigenvalue weighted by molar-refractivity contribution is 5.66. The summed E-state index contributed by atoms with van der Waals surface area (Å²) >= 11 is 0. The number of fused-ring (bicyclic) bond motifs is 1. The number of aromatic nitrogens is 4. The van der Waals surface area contributed by atoms with Gasteiger partial charge >= 0.3 is 0 Å². The van der Waals surface area contributed by atoms with E-state index < -0.39 is 0 Å². The summed E-state index contributed by atoms with van der Waals surface area (Å²) in [5.74, 6) is 1.82. The van der Waals surface area contributed by atoms with Crippen molar-refractivity contribution in [3.05, 3.63) is 72.6 Å². The van der Waals surface area contributed by atoms with Gasteiger partial charge in [0, 0.05) is 12.4 Å². The van der Waals surface area contributed by atoms with E-state index in [4.69, 9.17) is 4.74 Å². The molecule has 0 aliphatic carbocycles. The highest BCUT2D eigenvalue weighted by Gasteiger charge is 2.15. The zero-order valence-corrected chi connectivity index (χ0v) is 13.3. The molecule has 4 rings (SSSR count). The molecule has 3 heterocycles. The maximum Gasteiger partial charge on any atom is 0.247 e. The molecule has 0 saturated heterocycles. The van der Waals surface area contributed by atoms with Crippen LogP contribution in [0.1, 0.15) is 12.5 Å². The molecule has 3 aromatic heterocycles. The van der Waals surface area contributed by atoms with E-state index >= 15 is 0 Å². The second-order valence-corrected chi connectivity index (χ2v) is 5.36. The predicted octanol–water partition coefficient (Wildman–Crippen LogP) is 4.15. The van der Waals surface area contributed by atoms with Crippen molar-refractivity contribution < 1.29 is 4.74 Å². The fraction of sp³-hybridized carbons (Fsp3) is 0.105. The van der Waals surface area contributed by atoms with Crippen LogP contribution in [0.15, 0.2) is 67.0 Å². The molecule has 0 saturated carbocycles. The van der Waals surface area contributed by atoms with E-state index in [0.717, 1.165) is 23.3 Å². The molecule has 4 aromatic rings. The van der Waals surface area contributed by atoms with Gasteiger partial charge < -0.3 is 4.74 Å². The second kappa shape index (κ2) is 6.12. The second-order valence-electron chi connectivity index (χ2n) is 5.36. The van der Waals surface area contributed by atoms with Gasteiger partial charge in [-0.05, 0) is 42.3 Å². The first kappa shape index (κ1) is 14.4. The molecule has 0 N–H and O–H groups in total. The monoisotopic (exact) mass is 316 g/mol. The number of para-hydroxylation sites is 1. The average molecular weight is 316 g/mol. The lowest BCUT2D eigenvalue weighted by Crippen LogP contribution is -2.02. The fourth-order valence-corrected chi connectivity index (χ4v) is 2.61. The van der Waals surface area contributed by atoms with Gasteiger partial charge in [0.15, 0.2) is 0 Å². The maximum absolute atomic E-state index is 6.05. The Morgan fingerprint density at radius 3 is 2.58 bits per heavy atom. The Bertz CT molecular complexity index is 965. The molecule has 0 unspecified atom stereocenters. The van der Waals surface area contributed by atoms with Crippen LogP contribution in [-0.2, 0) is 6.42 Å². The lowest BCUT2D eigenvalue weighted by molar-refractivity contribution is 0.463. The SMILES string of the molecule is CCc1ccn2nc(-c3ccccn3)nc(Oc3ccccc3)c12. The Balaban J connectivity index is 1.89. The Kier molecular flexibility index (Phi) is 3.67. The van der Waals surface area contributed by atoms with Crippen LogP contribution in [0.3, 0.4) is 0 Å². The van der Waals surface area contributed by atoms with Crippen LogP contribution < -0.4 is 4.74 Å². The number of pyridine rings is 1. The number of aryl methyl sites for hydroxylation is 1. The van der Waals surface area contributed by atoms with Gasteiger partial charge in [0.1, 0.15) is 17.0 Å². The first-order valence-electron chi connectivity index (χ1n) is 7.87. The van der Waals surface area contributed by atoms with Gasteiger partial charge in [-0.15, -0.1) is 5.10 Å². The Labute approximate surface area is 139 Å². The van der Waals surface area contributed by atoms with E-state index in [1.54, 1.807) is 6.20 Å². The molecular weight excluding hydrogens is 300 g/mol. The molecule has 0 amide bonds. The number of hydrogen-bond acceptors (Lipinski definition) is 4. The van der Waals surface area contributed by atoms with Crippen molar-refractivity contribution in [2.45, 2.75) is 13.3 Å². The molecule has 5 nitrogen and oxygen atoms in total. The number of hydrogen-bond donors (Lipinski definition) is 0. The highest BCUT2D eigenvalue weighted by atomic mass is 16.5. The average Bonchev–Trinajstić information content (AvgIpc) is 3.07. The van der Waals surface area contributed by atoms with Gasteiger partial charge in [0.05, 0.1) is 0 Å². The lowest BCUT2D eigenvalue weighted by Gasteiger charge is -2.09. The fourth-order valence-electron chi connectivity index (χ4n) is 2.61. The van der Waals surface area contributed by atoms with Crippen LogP contribution in [0, 0.1) is 0 Å². The van der Waals surface area contributed by atoms with Gasteiger partial charge in [-0.3, -0.25) is 4.98 Å². The van der Waals surface area contributed by atoms with Crippen LogP contribution in [0.4, 0.5) is 0 Å². The minimum absolute atomic E-state index is 0.535. The number of rotatable bonds is 4. The van der Waals surface area contributed by atoms with E-state index in [1.807, 2.05) is 65.3 Å². The summed E-state index contributed by atoms with van der Waals surface area (Å²) in [6.45, 7) is 2.11. The van der Waals surface area contributed by atoms with Gasteiger partial charge in [-0.25, -0.2) is 4.52 Å². The zero-order valence-electron chi connectivity index (χ0n) is 13.3. The number of nitrogens with zero attached hydrogens (tertiary/aromatic N) is 4. The molecule has 118 valence electrons. The smallest absolute Gasteiger partial charge is 0.247 e. The summed E-state index contributed by atoms with van der Waals surface area (Å²) in [5.41, 5.74) is 2.75. The minimum atomic E-state index is 0.535. The van der Waals surface area contributed by atoms with Crippen LogP contribution in [0.25, 0.3) is 17.0 Å². The summed E-state index contributed by atoms with van der Waals surface area (Å²) in [6, 6.07) is 17.4. The van der Waals surface area contributed by atoms with Crippen LogP contribution in [0.2, 0.25) is 0 Å². The van der Waals surface area contributed by atoms with Crippen molar-refractivity contribution in [1.82, 2.24) is 19.6 Å². The van der Waals surface area contributed by atoms with Crippen LogP contribution in [0.5, 0.6) is 11.6 Å². The molecule has 1 aromatic carbocycles. The van der Waals surface area contributed by atoms with E-state index in [0.29, 0.717) is 17.4 Å². The van der Waals surface area contributed by atoms with Crippen molar-refractivity contribution in [2.24, 2.45) is 0 Å². The molecule has 0 bridgehead atoms. The van der Waals surface area contributed by atoms with E-state index in [-0.39, 0.29) is 0 Å². The molecule has 0 aliphatic rings. The summed E-state index contributed by atoms with van der Waals surface area (Å²) < 4.78 is 7.87. The normalized spacial score (nSPS) is 10.9. The standard InChI is InChI=1S/C19H16N4O/c1-2-14-11-13-23-17(14)19(24-15-8-4-3-5-9-15)21-18(22-23)16-10-6-7-12-20-16/h3-13H,2H2,1H3. The summed E-state index contributed by atoms with van der Waals surface area (Å²) in [4.78, 5) is 8.97. The summed E-state index contributed by atoms with van der Waals surface area (Å²) in [7, 11) is 0. The highest BCUT2D eigenvalue weighted by Crippen LogP contribution is 2.29. The molecule has 0 spiro atoms. The van der Waals surface area contributed by atoms with Crippen LogP contribution in [-0.4, -0.2) is 19.6 Å². The summed E-state index contributed by atoms with van der Waals surface area (Å²) in [5, 5.41) is 4.58. The van der Waals surface area contributed by atoms with Crippen molar-refractivity contribution in [1.29, 1.82) is 0 Å². The number of benzene rings is 1. The molecule has 0 aliphatic heterocycles. The topological polar surface area (TPSA) is 52.3 Å². The molecule has 24 heavy (non-hydrogen) atoms. The molecule has 5 heteroatoms. The summed E-state index contributed by atoms with van der Waals surface area (Å²) in [6.07, 6.45) is 4.54. The van der Waals surface area contributed by atoms with E-state index in [9.17, 15) is 0 Å². The first-order chi connectivity index (χ1) is 11.8. The van der Waals surface area contributed by atoms with E-state index in [1.165, 1.54) is 0 Å². The van der Waals surface area contributed by atoms with Gasteiger partial charge in [-0.2, -0.15) is 4.98 Å². The molecule has 0 radical (unpaired) electrons. The Morgan fingerprint density at radius 1 is 1.00 bits per heavy atom. The van der Waals surface area contributed by atoms with Gasteiger partial charge in [0.25, 0.3) is 0 Å². The van der Waals surface area contributed by atoms with Crippen molar-refractivity contribution in [3.63, 3.8) is 0 Å². The quantitative estimate of drug-likeness (QED) is 0.567. The van der Waals surface area contributed by atoms with Gasteiger partial charge in [0.2, 0.25) is 11.7 Å². The van der Waals surface area contributed by atoms with E-state index in [2.05, 4.69) is 22.0 Å². The zero-order chi connectivity index (χ0) is 16.4. The molecule has 0 atom stereocenters. The predicted molar refractivity (Wildman–Crippen MR) is 92.1 cm³/mol. The lowest BCUT2D eigenvalue weighted by atomic mass is 10.2. The third-order valence-corrected chi connectivity index (χ3v) is 3.80. The largest absolute Gasteiger partial charge is 0.437 e. The van der Waals surface area contributed by atoms with Crippen molar-refractivity contribution in [3.8, 4) is 23.1 Å². The van der Waals surface area contributed by atoms with Crippen LogP contribution >= 0.6 is 0 Å². The number of ether oxygens (including phenoxy) is 1. The van der Waals surface area contributed by atoms with Gasteiger partial charge in [-0.1, -0.05) is 31.2 Å². The molecular formula is C19H16N4O. The maximum atomic E-state index is 6.05. The van der Waals surface area contributed by atoms with Crippen molar-refractivity contribution >= 4 is 5.52 Å². The Hall–Kier alpha value is -3.21.